The fourth-order valence-electron chi connectivity index (χ4n) is 2.18. The Labute approximate surface area is 148 Å². The Hall–Kier alpha value is -2.23. The molecule has 11 nitrogen and oxygen atoms in total. The highest BCUT2D eigenvalue weighted by atomic mass is 32.2. The minimum Gasteiger partial charge on any atom is -0.399 e. The summed E-state index contributed by atoms with van der Waals surface area (Å²) in [7, 11) is -15.7. The molecule has 6 N–H and O–H groups in total. The van der Waals surface area contributed by atoms with Crippen LogP contribution in [0.1, 0.15) is 0 Å². The summed E-state index contributed by atoms with van der Waals surface area (Å²) in [4.78, 5) is -2.73. The molecule has 0 amide bonds. The molecule has 0 aliphatic heterocycles. The third-order valence-electron chi connectivity index (χ3n) is 3.09. The Morgan fingerprint density at radius 3 is 1.65 bits per heavy atom. The van der Waals surface area contributed by atoms with Crippen LogP contribution in [0.2, 0.25) is 0 Å². The van der Waals surface area contributed by atoms with Crippen LogP contribution in [-0.4, -0.2) is 38.9 Å². The zero-order chi connectivity index (χ0) is 19.9. The van der Waals surface area contributed by atoms with Crippen molar-refractivity contribution < 1.29 is 38.9 Å². The summed E-state index contributed by atoms with van der Waals surface area (Å²) in [6.07, 6.45) is 0. The standard InChI is InChI=1S/C12H12N2O9S3/c13-8-3-1-7(2-4-8)9-5-6-10(14-26(21,22)23)12(25(18,19)20)11(9)24(15,16)17/h1-6,14H,13H2,(H,15,16,17)(H,18,19,20)(H,21,22,23). The third kappa shape index (κ3) is 4.48. The Kier molecular flexibility index (Phi) is 5.02. The maximum absolute atomic E-state index is 11.8. The van der Waals surface area contributed by atoms with Gasteiger partial charge in [-0.25, -0.2) is 0 Å². The van der Waals surface area contributed by atoms with E-state index in [2.05, 4.69) is 0 Å². The highest BCUT2D eigenvalue weighted by Crippen LogP contribution is 2.37. The normalized spacial score (nSPS) is 12.7. The molecule has 2 aromatic carbocycles. The summed E-state index contributed by atoms with van der Waals surface area (Å²) >= 11 is 0. The number of hydrogen-bond acceptors (Lipinski definition) is 7. The predicted molar refractivity (Wildman–Crippen MR) is 91.1 cm³/mol. The van der Waals surface area contributed by atoms with Gasteiger partial charge in [0.1, 0.15) is 9.79 Å². The van der Waals surface area contributed by atoms with E-state index in [1.54, 1.807) is 0 Å². The van der Waals surface area contributed by atoms with E-state index in [4.69, 9.17) is 10.3 Å². The van der Waals surface area contributed by atoms with Crippen molar-refractivity contribution in [2.24, 2.45) is 0 Å². The van der Waals surface area contributed by atoms with Crippen LogP contribution in [0.25, 0.3) is 11.1 Å². The summed E-state index contributed by atoms with van der Waals surface area (Å²) in [5.41, 5.74) is 4.57. The van der Waals surface area contributed by atoms with Crippen molar-refractivity contribution in [3.05, 3.63) is 36.4 Å². The second kappa shape index (κ2) is 6.49. The molecular formula is C12H12N2O9S3. The minimum absolute atomic E-state index is 0.0927. The van der Waals surface area contributed by atoms with Crippen LogP contribution in [0.5, 0.6) is 0 Å². The largest absolute Gasteiger partial charge is 0.399 e. The first kappa shape index (κ1) is 20.1. The predicted octanol–water partition coefficient (Wildman–Crippen LogP) is 0.644. The molecule has 0 aliphatic rings. The summed E-state index contributed by atoms with van der Waals surface area (Å²) in [5, 5.41) is 0. The van der Waals surface area contributed by atoms with Crippen molar-refractivity contribution in [1.29, 1.82) is 0 Å². The number of rotatable bonds is 5. The molecule has 0 heterocycles. The van der Waals surface area contributed by atoms with E-state index in [-0.39, 0.29) is 11.1 Å². The SMILES string of the molecule is Nc1ccc(-c2ccc(NS(=O)(=O)O)c(S(=O)(=O)O)c2S(=O)(=O)O)cc1. The van der Waals surface area contributed by atoms with Crippen LogP contribution in [0.3, 0.4) is 0 Å². The summed E-state index contributed by atoms with van der Waals surface area (Å²) in [6.45, 7) is 0. The fourth-order valence-corrected chi connectivity index (χ4v) is 4.88. The van der Waals surface area contributed by atoms with Crippen LogP contribution in [0.15, 0.2) is 46.2 Å². The van der Waals surface area contributed by atoms with Gasteiger partial charge in [-0.3, -0.25) is 18.4 Å². The topological polar surface area (TPSA) is 201 Å². The average Bonchev–Trinajstić information content (AvgIpc) is 2.44. The summed E-state index contributed by atoms with van der Waals surface area (Å²) in [6, 6.07) is 7.10. The number of hydrogen-bond donors (Lipinski definition) is 5. The second-order valence-corrected chi connectivity index (χ2v) is 8.84. The Balaban J connectivity index is 2.99. The van der Waals surface area contributed by atoms with E-state index >= 15 is 0 Å². The molecule has 0 bridgehead atoms. The first-order chi connectivity index (χ1) is 11.7. The minimum atomic E-state index is -5.36. The van der Waals surface area contributed by atoms with Gasteiger partial charge in [0.05, 0.1) is 5.69 Å². The number of nitrogen functional groups attached to an aromatic ring is 1. The molecule has 0 radical (unpaired) electrons. The van der Waals surface area contributed by atoms with Gasteiger partial charge in [0.2, 0.25) is 0 Å². The number of anilines is 2. The molecule has 0 aromatic heterocycles. The quantitative estimate of drug-likeness (QED) is 0.335. The molecule has 14 heteroatoms. The van der Waals surface area contributed by atoms with E-state index in [1.807, 2.05) is 0 Å². The molecular weight excluding hydrogens is 412 g/mol. The van der Waals surface area contributed by atoms with Crippen LogP contribution >= 0.6 is 0 Å². The lowest BCUT2D eigenvalue weighted by molar-refractivity contribution is 0.467. The summed E-state index contributed by atoms with van der Waals surface area (Å²) < 4.78 is 98.0. The lowest BCUT2D eigenvalue weighted by Crippen LogP contribution is -2.17. The van der Waals surface area contributed by atoms with Crippen LogP contribution in [0, 0.1) is 0 Å². The summed E-state index contributed by atoms with van der Waals surface area (Å²) in [5.74, 6) is 0. The van der Waals surface area contributed by atoms with E-state index in [9.17, 15) is 34.4 Å². The van der Waals surface area contributed by atoms with Crippen LogP contribution < -0.4 is 10.5 Å². The molecule has 0 atom stereocenters. The maximum atomic E-state index is 11.8. The smallest absolute Gasteiger partial charge is 0.357 e. The van der Waals surface area contributed by atoms with Gasteiger partial charge in [-0.15, -0.1) is 0 Å². The van der Waals surface area contributed by atoms with E-state index in [0.717, 1.165) is 12.1 Å². The fraction of sp³-hybridized carbons (Fsp3) is 0. The van der Waals surface area contributed by atoms with Crippen LogP contribution in [0.4, 0.5) is 11.4 Å². The number of benzene rings is 2. The third-order valence-corrected chi connectivity index (χ3v) is 5.58. The molecule has 0 saturated carbocycles. The van der Waals surface area contributed by atoms with E-state index in [0.29, 0.717) is 5.69 Å². The van der Waals surface area contributed by atoms with Crippen molar-refractivity contribution in [3.63, 3.8) is 0 Å². The van der Waals surface area contributed by atoms with Crippen LogP contribution in [-0.2, 0) is 30.5 Å². The number of nitrogens with two attached hydrogens (primary N) is 1. The monoisotopic (exact) mass is 424 g/mol. The van der Waals surface area contributed by atoms with Crippen molar-refractivity contribution in [1.82, 2.24) is 0 Å². The Morgan fingerprint density at radius 2 is 1.23 bits per heavy atom. The second-order valence-electron chi connectivity index (χ2n) is 4.97. The lowest BCUT2D eigenvalue weighted by Gasteiger charge is -2.15. The average molecular weight is 424 g/mol. The first-order valence-electron chi connectivity index (χ1n) is 6.43. The van der Waals surface area contributed by atoms with Gasteiger partial charge in [-0.2, -0.15) is 25.3 Å². The molecule has 0 unspecified atom stereocenters. The highest BCUT2D eigenvalue weighted by molar-refractivity contribution is 7.89. The van der Waals surface area contributed by atoms with E-state index < -0.39 is 46.0 Å². The van der Waals surface area contributed by atoms with Crippen molar-refractivity contribution in [2.75, 3.05) is 10.5 Å². The maximum Gasteiger partial charge on any atom is 0.357 e. The van der Waals surface area contributed by atoms with Crippen molar-refractivity contribution >= 4 is 41.9 Å². The van der Waals surface area contributed by atoms with Gasteiger partial charge >= 0.3 is 10.3 Å². The molecule has 142 valence electrons. The first-order valence-corrected chi connectivity index (χ1v) is 10.8. The van der Waals surface area contributed by atoms with Gasteiger partial charge in [0.15, 0.2) is 0 Å². The molecule has 2 aromatic rings. The Bertz CT molecular complexity index is 1170. The molecule has 2 rings (SSSR count). The van der Waals surface area contributed by atoms with Gasteiger partial charge in [-0.05, 0) is 23.8 Å². The van der Waals surface area contributed by atoms with Gasteiger partial charge in [0.25, 0.3) is 20.2 Å². The molecule has 0 saturated heterocycles. The van der Waals surface area contributed by atoms with Gasteiger partial charge < -0.3 is 5.73 Å². The molecule has 0 spiro atoms. The lowest BCUT2D eigenvalue weighted by atomic mass is 10.0. The number of nitrogens with one attached hydrogen (secondary N) is 1. The molecule has 0 fully saturated rings. The highest BCUT2D eigenvalue weighted by Gasteiger charge is 2.32. The Morgan fingerprint density at radius 1 is 0.731 bits per heavy atom. The zero-order valence-corrected chi connectivity index (χ0v) is 15.0. The van der Waals surface area contributed by atoms with Crippen molar-refractivity contribution in [3.8, 4) is 11.1 Å². The van der Waals surface area contributed by atoms with Gasteiger partial charge in [-0.1, -0.05) is 18.2 Å². The zero-order valence-electron chi connectivity index (χ0n) is 12.6. The van der Waals surface area contributed by atoms with Gasteiger partial charge in [0, 0.05) is 11.3 Å². The molecule has 26 heavy (non-hydrogen) atoms. The van der Waals surface area contributed by atoms with Crippen molar-refractivity contribution in [2.45, 2.75) is 9.79 Å². The molecule has 0 aliphatic carbocycles. The van der Waals surface area contributed by atoms with E-state index in [1.165, 1.54) is 29.0 Å².